The van der Waals surface area contributed by atoms with E-state index in [0.29, 0.717) is 25.7 Å². The number of nitrogens with one attached hydrogen (secondary N) is 2. The highest BCUT2D eigenvalue weighted by Crippen LogP contribution is 2.18. The maximum Gasteiger partial charge on any atom is 0.191 e. The van der Waals surface area contributed by atoms with E-state index in [1.54, 1.807) is 12.3 Å². The quantitative estimate of drug-likeness (QED) is 0.605. The predicted molar refractivity (Wildman–Crippen MR) is 93.5 cm³/mol. The summed E-state index contributed by atoms with van der Waals surface area (Å²) in [5, 5.41) is 6.37. The molecule has 0 radical (unpaired) electrons. The Morgan fingerprint density at radius 1 is 1.21 bits per heavy atom. The Balaban J connectivity index is 1.98. The van der Waals surface area contributed by atoms with E-state index < -0.39 is 0 Å². The number of aliphatic imine (C=N–C) groups is 1. The van der Waals surface area contributed by atoms with Crippen LogP contribution < -0.4 is 15.4 Å². The summed E-state index contributed by atoms with van der Waals surface area (Å²) in [7, 11) is 0. The largest absolute Gasteiger partial charge is 0.491 e. The van der Waals surface area contributed by atoms with Crippen LogP contribution in [0.15, 0.2) is 47.6 Å². The Bertz CT molecular complexity index is 661. The number of guanidine groups is 1. The van der Waals surface area contributed by atoms with Crippen LogP contribution in [0.1, 0.15) is 25.1 Å². The molecule has 0 aliphatic carbocycles. The van der Waals surface area contributed by atoms with Crippen LogP contribution in [-0.2, 0) is 13.1 Å². The number of rotatable bonds is 7. The van der Waals surface area contributed by atoms with Gasteiger partial charge in [-0.2, -0.15) is 0 Å². The van der Waals surface area contributed by atoms with Crippen LogP contribution in [0.5, 0.6) is 5.75 Å². The second kappa shape index (κ2) is 9.50. The van der Waals surface area contributed by atoms with Gasteiger partial charge in [-0.3, -0.25) is 4.98 Å². The number of ether oxygens (including phenoxy) is 1. The van der Waals surface area contributed by atoms with Gasteiger partial charge in [0.25, 0.3) is 0 Å². The smallest absolute Gasteiger partial charge is 0.191 e. The lowest BCUT2D eigenvalue weighted by atomic mass is 10.2. The first-order valence-corrected chi connectivity index (χ1v) is 8.06. The van der Waals surface area contributed by atoms with Gasteiger partial charge >= 0.3 is 0 Å². The molecule has 0 fully saturated rings. The fraction of sp³-hybridized carbons (Fsp3) is 0.333. The van der Waals surface area contributed by atoms with Crippen LogP contribution in [0.3, 0.4) is 0 Å². The molecule has 6 heteroatoms. The van der Waals surface area contributed by atoms with Crippen molar-refractivity contribution in [3.63, 3.8) is 0 Å². The Hall–Kier alpha value is -2.63. The summed E-state index contributed by atoms with van der Waals surface area (Å²) in [6.07, 6.45) is 1.75. The average Bonchev–Trinajstić information content (AvgIpc) is 2.60. The Labute approximate surface area is 142 Å². The normalized spacial score (nSPS) is 11.2. The minimum atomic E-state index is -0.365. The van der Waals surface area contributed by atoms with Crippen molar-refractivity contribution >= 4 is 5.96 Å². The van der Waals surface area contributed by atoms with Crippen LogP contribution in [0, 0.1) is 5.82 Å². The lowest BCUT2D eigenvalue weighted by Gasteiger charge is -2.11. The average molecular weight is 330 g/mol. The summed E-state index contributed by atoms with van der Waals surface area (Å²) < 4.78 is 19.1. The second-order valence-electron chi connectivity index (χ2n) is 5.07. The number of hydrogen-bond acceptors (Lipinski definition) is 3. The van der Waals surface area contributed by atoms with E-state index >= 15 is 0 Å². The first kappa shape index (κ1) is 17.7. The molecular weight excluding hydrogens is 307 g/mol. The zero-order valence-corrected chi connectivity index (χ0v) is 14.1. The third kappa shape index (κ3) is 5.53. The van der Waals surface area contributed by atoms with E-state index in [2.05, 4.69) is 20.6 Å². The number of nitrogens with zero attached hydrogens (tertiary/aromatic N) is 2. The zero-order chi connectivity index (χ0) is 17.2. The van der Waals surface area contributed by atoms with Crippen molar-refractivity contribution in [3.8, 4) is 5.75 Å². The minimum absolute atomic E-state index is 0.269. The topological polar surface area (TPSA) is 58.5 Å². The lowest BCUT2D eigenvalue weighted by molar-refractivity contribution is 0.321. The molecule has 1 aromatic heterocycles. The first-order chi connectivity index (χ1) is 11.7. The first-order valence-electron chi connectivity index (χ1n) is 8.06. The van der Waals surface area contributed by atoms with Crippen molar-refractivity contribution in [2.75, 3.05) is 13.2 Å². The third-order valence-electron chi connectivity index (χ3n) is 3.22. The molecular formula is C18H23FN4O. The van der Waals surface area contributed by atoms with Crippen LogP contribution in [-0.4, -0.2) is 24.1 Å². The van der Waals surface area contributed by atoms with Gasteiger partial charge in [0.15, 0.2) is 17.5 Å². The van der Waals surface area contributed by atoms with Crippen molar-refractivity contribution in [1.29, 1.82) is 0 Å². The molecule has 2 N–H and O–H groups in total. The summed E-state index contributed by atoms with van der Waals surface area (Å²) in [5.74, 6) is 0.568. The SMILES string of the molecule is CCNC(=NCc1ccc(OCC)c(F)c1)NCc1ccccn1. The lowest BCUT2D eigenvalue weighted by Crippen LogP contribution is -2.37. The molecule has 0 aliphatic rings. The standard InChI is InChI=1S/C18H23FN4O/c1-3-20-18(23-13-15-7-5-6-10-21-15)22-12-14-8-9-17(24-4-2)16(19)11-14/h5-11H,3-4,12-13H2,1-2H3,(H2,20,22,23). The summed E-state index contributed by atoms with van der Waals surface area (Å²) in [6, 6.07) is 10.7. The molecule has 0 unspecified atom stereocenters. The van der Waals surface area contributed by atoms with Gasteiger partial charge in [0.05, 0.1) is 25.4 Å². The fourth-order valence-corrected chi connectivity index (χ4v) is 2.10. The number of pyridine rings is 1. The van der Waals surface area contributed by atoms with E-state index in [4.69, 9.17) is 4.74 Å². The Morgan fingerprint density at radius 3 is 2.75 bits per heavy atom. The van der Waals surface area contributed by atoms with Crippen LogP contribution in [0.4, 0.5) is 4.39 Å². The molecule has 0 saturated carbocycles. The van der Waals surface area contributed by atoms with Crippen LogP contribution in [0.25, 0.3) is 0 Å². The van der Waals surface area contributed by atoms with Crippen LogP contribution in [0.2, 0.25) is 0 Å². The number of hydrogen-bond donors (Lipinski definition) is 2. The maximum atomic E-state index is 13.9. The Morgan fingerprint density at radius 2 is 2.08 bits per heavy atom. The molecule has 0 bridgehead atoms. The predicted octanol–water partition coefficient (Wildman–Crippen LogP) is 2.87. The van der Waals surface area contributed by atoms with Gasteiger partial charge in [-0.1, -0.05) is 12.1 Å². The molecule has 0 atom stereocenters. The van der Waals surface area contributed by atoms with Crippen molar-refractivity contribution < 1.29 is 9.13 Å². The van der Waals surface area contributed by atoms with Crippen molar-refractivity contribution in [1.82, 2.24) is 15.6 Å². The van der Waals surface area contributed by atoms with E-state index in [-0.39, 0.29) is 11.6 Å². The molecule has 1 aromatic carbocycles. The molecule has 0 spiro atoms. The second-order valence-corrected chi connectivity index (χ2v) is 5.07. The highest BCUT2D eigenvalue weighted by Gasteiger charge is 2.04. The van der Waals surface area contributed by atoms with Gasteiger partial charge in [0.2, 0.25) is 0 Å². The molecule has 2 aromatic rings. The Kier molecular flexibility index (Phi) is 7.01. The van der Waals surface area contributed by atoms with Crippen molar-refractivity contribution in [2.45, 2.75) is 26.9 Å². The van der Waals surface area contributed by atoms with Gasteiger partial charge in [-0.05, 0) is 43.7 Å². The van der Waals surface area contributed by atoms with E-state index in [9.17, 15) is 4.39 Å². The molecule has 0 amide bonds. The summed E-state index contributed by atoms with van der Waals surface area (Å²) in [4.78, 5) is 8.73. The zero-order valence-electron chi connectivity index (χ0n) is 14.1. The van der Waals surface area contributed by atoms with E-state index in [1.807, 2.05) is 38.1 Å². The van der Waals surface area contributed by atoms with Gasteiger partial charge in [0, 0.05) is 12.7 Å². The van der Waals surface area contributed by atoms with Crippen molar-refractivity contribution in [2.24, 2.45) is 4.99 Å². The third-order valence-corrected chi connectivity index (χ3v) is 3.22. The number of aromatic nitrogens is 1. The van der Waals surface area contributed by atoms with E-state index in [1.165, 1.54) is 6.07 Å². The van der Waals surface area contributed by atoms with Crippen molar-refractivity contribution in [3.05, 3.63) is 59.7 Å². The molecule has 0 saturated heterocycles. The fourth-order valence-electron chi connectivity index (χ4n) is 2.10. The minimum Gasteiger partial charge on any atom is -0.491 e. The molecule has 1 heterocycles. The van der Waals surface area contributed by atoms with Gasteiger partial charge in [-0.15, -0.1) is 0 Å². The summed E-state index contributed by atoms with van der Waals surface area (Å²) in [6.45, 7) is 5.95. The number of halogens is 1. The highest BCUT2D eigenvalue weighted by atomic mass is 19.1. The molecule has 128 valence electrons. The van der Waals surface area contributed by atoms with E-state index in [0.717, 1.165) is 17.8 Å². The number of benzene rings is 1. The highest BCUT2D eigenvalue weighted by molar-refractivity contribution is 5.79. The molecule has 2 rings (SSSR count). The van der Waals surface area contributed by atoms with Crippen LogP contribution >= 0.6 is 0 Å². The van der Waals surface area contributed by atoms with Gasteiger partial charge in [0.1, 0.15) is 0 Å². The molecule has 5 nitrogen and oxygen atoms in total. The summed E-state index contributed by atoms with van der Waals surface area (Å²) >= 11 is 0. The maximum absolute atomic E-state index is 13.9. The van der Waals surface area contributed by atoms with Gasteiger partial charge in [-0.25, -0.2) is 9.38 Å². The molecule has 0 aliphatic heterocycles. The molecule has 24 heavy (non-hydrogen) atoms. The summed E-state index contributed by atoms with van der Waals surface area (Å²) in [5.41, 5.74) is 1.71. The van der Waals surface area contributed by atoms with Gasteiger partial charge < -0.3 is 15.4 Å². The monoisotopic (exact) mass is 330 g/mol.